The number of fused-ring (bicyclic) bond motifs is 1. The Kier molecular flexibility index (Phi) is 4.14. The molecule has 0 aliphatic heterocycles. The number of rotatable bonds is 2. The molecule has 0 spiro atoms. The molecule has 0 amide bonds. The number of methoxy groups -OCH3 is 1. The summed E-state index contributed by atoms with van der Waals surface area (Å²) in [5.41, 5.74) is 3.35. The summed E-state index contributed by atoms with van der Waals surface area (Å²) in [6.07, 6.45) is 4.74. The molecule has 19 heavy (non-hydrogen) atoms. The number of carbonyl (C=O) groups excluding carboxylic acids is 1. The fraction of sp³-hybridized carbons (Fsp3) is 0.688. The van der Waals surface area contributed by atoms with E-state index in [-0.39, 0.29) is 23.9 Å². The summed E-state index contributed by atoms with van der Waals surface area (Å²) in [4.78, 5) is 11.5. The molecule has 4 atom stereocenters. The van der Waals surface area contributed by atoms with Crippen molar-refractivity contribution in [2.45, 2.75) is 46.1 Å². The van der Waals surface area contributed by atoms with Crippen LogP contribution < -0.4 is 0 Å². The van der Waals surface area contributed by atoms with E-state index in [0.29, 0.717) is 11.5 Å². The van der Waals surface area contributed by atoms with Crippen LogP contribution in [0.15, 0.2) is 22.8 Å². The van der Waals surface area contributed by atoms with Crippen molar-refractivity contribution in [2.24, 2.45) is 17.8 Å². The minimum atomic E-state index is -0.257. The molecule has 106 valence electrons. The molecule has 0 heterocycles. The Morgan fingerprint density at radius 1 is 1.42 bits per heavy atom. The summed E-state index contributed by atoms with van der Waals surface area (Å²) in [5, 5.41) is 10.2. The molecule has 2 unspecified atom stereocenters. The van der Waals surface area contributed by atoms with Crippen molar-refractivity contribution in [3.05, 3.63) is 22.8 Å². The van der Waals surface area contributed by atoms with Crippen molar-refractivity contribution < 1.29 is 14.6 Å². The van der Waals surface area contributed by atoms with Gasteiger partial charge in [-0.2, -0.15) is 0 Å². The van der Waals surface area contributed by atoms with E-state index in [4.69, 9.17) is 4.74 Å². The SMILES string of the molecule is COC(=O)/C(C)=C/[C@@H]1CCC(C)C2C1=C(C)C[C@@H]2O. The lowest BCUT2D eigenvalue weighted by Crippen LogP contribution is -2.30. The van der Waals surface area contributed by atoms with Crippen molar-refractivity contribution in [2.75, 3.05) is 7.11 Å². The van der Waals surface area contributed by atoms with Crippen molar-refractivity contribution in [3.63, 3.8) is 0 Å². The van der Waals surface area contributed by atoms with Crippen LogP contribution in [0.4, 0.5) is 0 Å². The van der Waals surface area contributed by atoms with Crippen LogP contribution in [-0.4, -0.2) is 24.3 Å². The molecule has 3 nitrogen and oxygen atoms in total. The number of esters is 1. The third kappa shape index (κ3) is 2.62. The average Bonchev–Trinajstić information content (AvgIpc) is 2.68. The largest absolute Gasteiger partial charge is 0.466 e. The first kappa shape index (κ1) is 14.3. The predicted octanol–water partition coefficient (Wildman–Crippen LogP) is 2.85. The molecule has 3 heteroatoms. The number of aliphatic hydroxyl groups excluding tert-OH is 1. The average molecular weight is 264 g/mol. The van der Waals surface area contributed by atoms with Gasteiger partial charge in [0.15, 0.2) is 0 Å². The summed E-state index contributed by atoms with van der Waals surface area (Å²) in [6, 6.07) is 0. The first-order valence-corrected chi connectivity index (χ1v) is 7.10. The maximum absolute atomic E-state index is 11.5. The van der Waals surface area contributed by atoms with Gasteiger partial charge in [0.05, 0.1) is 13.2 Å². The Morgan fingerprint density at radius 3 is 2.74 bits per heavy atom. The quantitative estimate of drug-likeness (QED) is 0.474. The van der Waals surface area contributed by atoms with Crippen molar-refractivity contribution in [3.8, 4) is 0 Å². The number of allylic oxidation sites excluding steroid dienone is 1. The summed E-state index contributed by atoms with van der Waals surface area (Å²) in [7, 11) is 1.41. The van der Waals surface area contributed by atoms with Crippen LogP contribution in [0.2, 0.25) is 0 Å². The van der Waals surface area contributed by atoms with Gasteiger partial charge < -0.3 is 9.84 Å². The third-order valence-electron chi connectivity index (χ3n) is 4.69. The number of aliphatic hydroxyl groups is 1. The van der Waals surface area contributed by atoms with Gasteiger partial charge >= 0.3 is 5.97 Å². The van der Waals surface area contributed by atoms with Crippen molar-refractivity contribution in [1.82, 2.24) is 0 Å². The standard InChI is InChI=1S/C16H24O3/c1-9-5-6-12(7-11(3)16(18)19-4)14-10(2)8-13(17)15(9)14/h7,9,12-13,15,17H,5-6,8H2,1-4H3/b11-7+/t9?,12-,13-,15?/m0/s1. The van der Waals surface area contributed by atoms with Crippen molar-refractivity contribution >= 4 is 5.97 Å². The van der Waals surface area contributed by atoms with Crippen LogP contribution in [0, 0.1) is 17.8 Å². The van der Waals surface area contributed by atoms with Gasteiger partial charge in [0.2, 0.25) is 0 Å². The molecular weight excluding hydrogens is 240 g/mol. The van der Waals surface area contributed by atoms with Crippen LogP contribution in [0.1, 0.15) is 40.0 Å². The highest BCUT2D eigenvalue weighted by Gasteiger charge is 2.41. The van der Waals surface area contributed by atoms with Gasteiger partial charge in [-0.15, -0.1) is 0 Å². The van der Waals surface area contributed by atoms with Crippen LogP contribution in [0.3, 0.4) is 0 Å². The normalized spacial score (nSPS) is 35.3. The molecule has 0 aromatic rings. The van der Waals surface area contributed by atoms with Gasteiger partial charge in [-0.3, -0.25) is 0 Å². The third-order valence-corrected chi connectivity index (χ3v) is 4.69. The van der Waals surface area contributed by atoms with Gasteiger partial charge in [0.25, 0.3) is 0 Å². The zero-order chi connectivity index (χ0) is 14.2. The van der Waals surface area contributed by atoms with E-state index in [1.54, 1.807) is 6.92 Å². The van der Waals surface area contributed by atoms with Gasteiger partial charge in [-0.25, -0.2) is 4.79 Å². The zero-order valence-corrected chi connectivity index (χ0v) is 12.3. The number of hydrogen-bond acceptors (Lipinski definition) is 3. The molecule has 2 rings (SSSR count). The Balaban J connectivity index is 2.28. The maximum Gasteiger partial charge on any atom is 0.333 e. The second-order valence-corrected chi connectivity index (χ2v) is 6.04. The molecular formula is C16H24O3. The fourth-order valence-corrected chi connectivity index (χ4v) is 3.78. The Morgan fingerprint density at radius 2 is 2.11 bits per heavy atom. The lowest BCUT2D eigenvalue weighted by molar-refractivity contribution is -0.136. The minimum Gasteiger partial charge on any atom is -0.466 e. The monoisotopic (exact) mass is 264 g/mol. The van der Waals surface area contributed by atoms with E-state index < -0.39 is 0 Å². The highest BCUT2D eigenvalue weighted by Crippen LogP contribution is 2.48. The van der Waals surface area contributed by atoms with E-state index in [0.717, 1.165) is 19.3 Å². The van der Waals surface area contributed by atoms with Crippen LogP contribution >= 0.6 is 0 Å². The van der Waals surface area contributed by atoms with Gasteiger partial charge in [0, 0.05) is 11.5 Å². The molecule has 0 radical (unpaired) electrons. The Labute approximate surface area is 115 Å². The van der Waals surface area contributed by atoms with E-state index >= 15 is 0 Å². The molecule has 1 saturated carbocycles. The van der Waals surface area contributed by atoms with Gasteiger partial charge in [0.1, 0.15) is 0 Å². The summed E-state index contributed by atoms with van der Waals surface area (Å²) in [6.45, 7) is 6.14. The first-order chi connectivity index (χ1) is 8.95. The molecule has 0 saturated heterocycles. The van der Waals surface area contributed by atoms with E-state index in [1.807, 2.05) is 6.08 Å². The summed E-state index contributed by atoms with van der Waals surface area (Å²) < 4.78 is 4.76. The van der Waals surface area contributed by atoms with Gasteiger partial charge in [-0.1, -0.05) is 24.1 Å². The van der Waals surface area contributed by atoms with Crippen LogP contribution in [0.25, 0.3) is 0 Å². The number of ether oxygens (including phenoxy) is 1. The second kappa shape index (κ2) is 5.49. The lowest BCUT2D eigenvalue weighted by Gasteiger charge is -2.35. The second-order valence-electron chi connectivity index (χ2n) is 6.04. The molecule has 1 N–H and O–H groups in total. The molecule has 1 fully saturated rings. The molecule has 2 aliphatic carbocycles. The van der Waals surface area contributed by atoms with Gasteiger partial charge in [-0.05, 0) is 44.9 Å². The highest BCUT2D eigenvalue weighted by atomic mass is 16.5. The van der Waals surface area contributed by atoms with Crippen LogP contribution in [-0.2, 0) is 9.53 Å². The van der Waals surface area contributed by atoms with E-state index in [1.165, 1.54) is 18.3 Å². The highest BCUT2D eigenvalue weighted by molar-refractivity contribution is 5.87. The number of carbonyl (C=O) groups is 1. The predicted molar refractivity (Wildman–Crippen MR) is 74.5 cm³/mol. The molecule has 0 aromatic carbocycles. The Hall–Kier alpha value is -1.09. The molecule has 0 bridgehead atoms. The molecule has 0 aromatic heterocycles. The summed E-state index contributed by atoms with van der Waals surface area (Å²) >= 11 is 0. The minimum absolute atomic E-state index is 0.236. The van der Waals surface area contributed by atoms with Crippen molar-refractivity contribution in [1.29, 1.82) is 0 Å². The zero-order valence-electron chi connectivity index (χ0n) is 12.3. The maximum atomic E-state index is 11.5. The Bertz CT molecular complexity index is 433. The lowest BCUT2D eigenvalue weighted by atomic mass is 9.70. The van der Waals surface area contributed by atoms with Crippen LogP contribution in [0.5, 0.6) is 0 Å². The molecule has 2 aliphatic rings. The van der Waals surface area contributed by atoms with E-state index in [9.17, 15) is 9.90 Å². The smallest absolute Gasteiger partial charge is 0.333 e. The fourth-order valence-electron chi connectivity index (χ4n) is 3.78. The first-order valence-electron chi connectivity index (χ1n) is 7.10. The topological polar surface area (TPSA) is 46.5 Å². The number of hydrogen-bond donors (Lipinski definition) is 1. The van der Waals surface area contributed by atoms with E-state index in [2.05, 4.69) is 13.8 Å². The summed E-state index contributed by atoms with van der Waals surface area (Å²) in [5.74, 6) is 0.843.